The van der Waals surface area contributed by atoms with Crippen molar-refractivity contribution in [2.75, 3.05) is 65.7 Å². The molecule has 2 saturated heterocycles. The molecule has 4 heterocycles. The summed E-state index contributed by atoms with van der Waals surface area (Å²) in [6, 6.07) is 17.9. The van der Waals surface area contributed by atoms with Gasteiger partial charge in [-0.25, -0.2) is 0 Å². The third-order valence-corrected chi connectivity index (χ3v) is 9.59. The van der Waals surface area contributed by atoms with Crippen molar-refractivity contribution in [1.29, 1.82) is 0 Å². The number of para-hydroxylation sites is 2. The van der Waals surface area contributed by atoms with Crippen LogP contribution in [0.5, 0.6) is 0 Å². The predicted octanol–water partition coefficient (Wildman–Crippen LogP) is 5.61. The van der Waals surface area contributed by atoms with Gasteiger partial charge in [-0.05, 0) is 27.7 Å². The maximum Gasteiger partial charge on any atom is 0.209 e. The summed E-state index contributed by atoms with van der Waals surface area (Å²) in [5.74, 6) is 0. The summed E-state index contributed by atoms with van der Waals surface area (Å²) < 4.78 is 16.3. The quantitative estimate of drug-likeness (QED) is 0.291. The molecule has 2 aromatic rings. The molecule has 6 nitrogen and oxygen atoms in total. The predicted molar refractivity (Wildman–Crippen MR) is 171 cm³/mol. The minimum absolute atomic E-state index is 0.0253. The Hall–Kier alpha value is -3.22. The van der Waals surface area contributed by atoms with Crippen LogP contribution in [-0.2, 0) is 20.3 Å². The molecule has 2 fully saturated rings. The summed E-state index contributed by atoms with van der Waals surface area (Å²) >= 11 is 0. The van der Waals surface area contributed by atoms with Gasteiger partial charge in [-0.1, -0.05) is 36.4 Å². The van der Waals surface area contributed by atoms with Gasteiger partial charge in [0.2, 0.25) is 11.4 Å². The Bertz CT molecular complexity index is 1300. The number of benzene rings is 2. The van der Waals surface area contributed by atoms with Crippen LogP contribution in [0.3, 0.4) is 0 Å². The number of hydrogen-bond donors (Lipinski definition) is 0. The maximum absolute atomic E-state index is 5.57. The van der Waals surface area contributed by atoms with E-state index in [9.17, 15) is 0 Å². The average molecular weight is 569 g/mol. The summed E-state index contributed by atoms with van der Waals surface area (Å²) in [7, 11) is 0. The number of allylic oxidation sites excluding steroid dienone is 2. The first-order valence-corrected chi connectivity index (χ1v) is 15.9. The van der Waals surface area contributed by atoms with Gasteiger partial charge in [-0.15, -0.1) is 0 Å². The Labute approximate surface area is 252 Å². The van der Waals surface area contributed by atoms with Crippen LogP contribution in [0.1, 0.15) is 51.7 Å². The third kappa shape index (κ3) is 5.59. The van der Waals surface area contributed by atoms with E-state index in [2.05, 4.69) is 120 Å². The molecule has 42 heavy (non-hydrogen) atoms. The average Bonchev–Trinajstić information content (AvgIpc) is 3.36. The van der Waals surface area contributed by atoms with Crippen molar-refractivity contribution in [3.05, 3.63) is 84.2 Å². The van der Waals surface area contributed by atoms with E-state index in [4.69, 9.17) is 9.47 Å². The van der Waals surface area contributed by atoms with Crippen LogP contribution in [0.25, 0.3) is 0 Å². The zero-order chi connectivity index (χ0) is 29.2. The summed E-state index contributed by atoms with van der Waals surface area (Å²) in [6.45, 7) is 18.6. The maximum atomic E-state index is 5.57. The van der Waals surface area contributed by atoms with E-state index >= 15 is 0 Å². The largest absolute Gasteiger partial charge is 0.378 e. The molecule has 0 aliphatic carbocycles. The highest BCUT2D eigenvalue weighted by Crippen LogP contribution is 2.41. The zero-order valence-electron chi connectivity index (χ0n) is 26.0. The van der Waals surface area contributed by atoms with Gasteiger partial charge in [0.05, 0.1) is 37.3 Å². The van der Waals surface area contributed by atoms with Gasteiger partial charge in [0, 0.05) is 86.8 Å². The fourth-order valence-corrected chi connectivity index (χ4v) is 7.11. The van der Waals surface area contributed by atoms with Crippen molar-refractivity contribution in [2.24, 2.45) is 0 Å². The summed E-state index contributed by atoms with van der Waals surface area (Å²) in [4.78, 5) is 4.78. The third-order valence-electron chi connectivity index (χ3n) is 9.59. The molecular weight excluding hydrogens is 520 g/mol. The molecule has 0 saturated carbocycles. The van der Waals surface area contributed by atoms with Crippen LogP contribution < -0.4 is 0 Å². The number of nitrogens with zero attached hydrogens (tertiary/aromatic N) is 4. The highest BCUT2D eigenvalue weighted by Gasteiger charge is 2.45. The molecule has 0 bridgehead atoms. The molecule has 4 aliphatic rings. The van der Waals surface area contributed by atoms with Crippen LogP contribution in [0.15, 0.2) is 73.1 Å². The first-order chi connectivity index (χ1) is 20.4. The molecule has 0 N–H and O–H groups in total. The van der Waals surface area contributed by atoms with E-state index in [1.165, 1.54) is 33.9 Å². The highest BCUT2D eigenvalue weighted by atomic mass is 16.5. The van der Waals surface area contributed by atoms with Gasteiger partial charge in [-0.3, -0.25) is 0 Å². The first kappa shape index (κ1) is 28.9. The number of ether oxygens (including phenoxy) is 2. The van der Waals surface area contributed by atoms with Gasteiger partial charge >= 0.3 is 0 Å². The monoisotopic (exact) mass is 568 g/mol. The fraction of sp³-hybridized carbons (Fsp3) is 0.500. The number of hydrogen-bond acceptors (Lipinski definition) is 4. The van der Waals surface area contributed by atoms with E-state index in [-0.39, 0.29) is 10.8 Å². The number of morpholine rings is 2. The molecule has 0 unspecified atom stereocenters. The smallest absolute Gasteiger partial charge is 0.209 e. The minimum Gasteiger partial charge on any atom is -0.378 e. The molecule has 6 rings (SSSR count). The molecule has 4 aliphatic heterocycles. The molecule has 0 amide bonds. The summed E-state index contributed by atoms with van der Waals surface area (Å²) in [5.41, 5.74) is 8.30. The van der Waals surface area contributed by atoms with Gasteiger partial charge in [0.1, 0.15) is 13.1 Å². The summed E-state index contributed by atoms with van der Waals surface area (Å²) in [6.07, 6.45) is 11.6. The SMILES string of the molecule is CC1(C)C(C=CN2CCOCC2)=[N+](CCCC[N+]2=C(C=CN3CCOCC3)C(C)(C)c3ccccc32)c2ccccc21. The van der Waals surface area contributed by atoms with E-state index in [0.717, 1.165) is 78.5 Å². The number of rotatable bonds is 9. The van der Waals surface area contributed by atoms with Gasteiger partial charge in [0.15, 0.2) is 11.4 Å². The van der Waals surface area contributed by atoms with Crippen LogP contribution in [0, 0.1) is 0 Å². The van der Waals surface area contributed by atoms with Crippen molar-refractivity contribution >= 4 is 22.8 Å². The van der Waals surface area contributed by atoms with Crippen LogP contribution in [-0.4, -0.2) is 96.1 Å². The Balaban J connectivity index is 1.22. The van der Waals surface area contributed by atoms with E-state index in [1.807, 2.05) is 0 Å². The first-order valence-electron chi connectivity index (χ1n) is 15.9. The van der Waals surface area contributed by atoms with Crippen molar-refractivity contribution in [3.63, 3.8) is 0 Å². The van der Waals surface area contributed by atoms with Crippen LogP contribution in [0.4, 0.5) is 11.4 Å². The van der Waals surface area contributed by atoms with Crippen LogP contribution >= 0.6 is 0 Å². The van der Waals surface area contributed by atoms with Crippen LogP contribution in [0.2, 0.25) is 0 Å². The molecule has 222 valence electrons. The fourth-order valence-electron chi connectivity index (χ4n) is 7.11. The molecule has 0 spiro atoms. The number of fused-ring (bicyclic) bond motifs is 2. The Morgan fingerprint density at radius 1 is 0.619 bits per heavy atom. The zero-order valence-corrected chi connectivity index (χ0v) is 26.0. The van der Waals surface area contributed by atoms with Crippen molar-refractivity contribution < 1.29 is 18.6 Å². The second-order valence-electron chi connectivity index (χ2n) is 13.0. The molecule has 0 radical (unpaired) electrons. The molecular formula is C36H48N4O2+2. The minimum atomic E-state index is -0.0253. The Morgan fingerprint density at radius 2 is 1.00 bits per heavy atom. The normalized spacial score (nSPS) is 21.6. The highest BCUT2D eigenvalue weighted by molar-refractivity contribution is 6.03. The molecule has 0 atom stereocenters. The lowest BCUT2D eigenvalue weighted by atomic mass is 9.81. The second-order valence-corrected chi connectivity index (χ2v) is 13.0. The molecule has 6 heteroatoms. The van der Waals surface area contributed by atoms with Gasteiger partial charge < -0.3 is 19.3 Å². The lowest BCUT2D eigenvalue weighted by Gasteiger charge is -2.25. The van der Waals surface area contributed by atoms with Gasteiger partial charge in [0.25, 0.3) is 0 Å². The van der Waals surface area contributed by atoms with E-state index in [0.29, 0.717) is 0 Å². The topological polar surface area (TPSA) is 31.0 Å². The summed E-state index contributed by atoms with van der Waals surface area (Å²) in [5, 5.41) is 0. The second kappa shape index (κ2) is 12.2. The Morgan fingerprint density at radius 3 is 1.40 bits per heavy atom. The van der Waals surface area contributed by atoms with E-state index < -0.39 is 0 Å². The van der Waals surface area contributed by atoms with Crippen molar-refractivity contribution in [1.82, 2.24) is 9.80 Å². The lowest BCUT2D eigenvalue weighted by molar-refractivity contribution is -0.451. The Kier molecular flexibility index (Phi) is 8.37. The van der Waals surface area contributed by atoms with Crippen molar-refractivity contribution in [2.45, 2.75) is 51.4 Å². The number of unbranched alkanes of at least 4 members (excludes halogenated alkanes) is 1. The molecule has 2 aromatic carbocycles. The molecule has 0 aromatic heterocycles. The van der Waals surface area contributed by atoms with E-state index in [1.54, 1.807) is 0 Å². The van der Waals surface area contributed by atoms with Crippen molar-refractivity contribution in [3.8, 4) is 0 Å². The van der Waals surface area contributed by atoms with Gasteiger partial charge in [-0.2, -0.15) is 9.15 Å². The standard InChI is InChI=1S/C36H48N4O2/c1-35(2)29-11-5-7-13-31(29)39(33(35)15-19-37-21-25-41-26-22-37)17-9-10-18-40-32-14-8-6-12-30(32)36(3,4)34(40)16-20-38-23-27-42-28-24-38/h5-8,11-16,19-20H,9-10,17-18,21-28H2,1-4H3/q+2. The lowest BCUT2D eigenvalue weighted by Crippen LogP contribution is -2.33.